The van der Waals surface area contributed by atoms with Crippen molar-refractivity contribution >= 4 is 50.7 Å². The maximum Gasteiger partial charge on any atom is 0.270 e. The molecule has 116 valence electrons. The molecule has 0 atom stereocenters. The van der Waals surface area contributed by atoms with Crippen molar-refractivity contribution in [2.75, 3.05) is 13.6 Å². The number of carbonyl (C=O) groups is 2. The van der Waals surface area contributed by atoms with Crippen LogP contribution < -0.4 is 5.32 Å². The van der Waals surface area contributed by atoms with Crippen LogP contribution in [0.2, 0.25) is 5.02 Å². The average Bonchev–Trinajstić information content (AvgIpc) is 2.89. The number of thiophene rings is 1. The van der Waals surface area contributed by atoms with Gasteiger partial charge in [0.1, 0.15) is 5.69 Å². The van der Waals surface area contributed by atoms with Crippen LogP contribution in [0.3, 0.4) is 0 Å². The smallest absolute Gasteiger partial charge is 0.270 e. The molecule has 8 heteroatoms. The standard InChI is InChI=1S/C14H13BrClN3O2S/c1-19(8-10-2-3-12(15)22-10)13(20)7-18-14(21)11-6-9(16)4-5-17-11/h2-6H,7-8H2,1H3,(H,18,21). The van der Waals surface area contributed by atoms with Crippen LogP contribution in [-0.2, 0) is 11.3 Å². The normalized spacial score (nSPS) is 10.3. The molecular weight excluding hydrogens is 390 g/mol. The van der Waals surface area contributed by atoms with E-state index in [0.717, 1.165) is 8.66 Å². The maximum atomic E-state index is 12.0. The first kappa shape index (κ1) is 16.9. The zero-order chi connectivity index (χ0) is 16.1. The lowest BCUT2D eigenvalue weighted by molar-refractivity contribution is -0.129. The van der Waals surface area contributed by atoms with E-state index in [0.29, 0.717) is 11.6 Å². The van der Waals surface area contributed by atoms with Crippen LogP contribution >= 0.6 is 38.9 Å². The van der Waals surface area contributed by atoms with Gasteiger partial charge in [-0.1, -0.05) is 11.6 Å². The fourth-order valence-electron chi connectivity index (χ4n) is 1.67. The minimum Gasteiger partial charge on any atom is -0.342 e. The quantitative estimate of drug-likeness (QED) is 0.836. The number of hydrogen-bond acceptors (Lipinski definition) is 4. The molecule has 0 saturated carbocycles. The van der Waals surface area contributed by atoms with E-state index in [1.807, 2.05) is 12.1 Å². The number of carbonyl (C=O) groups excluding carboxylic acids is 2. The molecule has 5 nitrogen and oxygen atoms in total. The van der Waals surface area contributed by atoms with Gasteiger partial charge in [-0.15, -0.1) is 11.3 Å². The molecule has 0 radical (unpaired) electrons. The van der Waals surface area contributed by atoms with Crippen LogP contribution in [0.4, 0.5) is 0 Å². The third kappa shape index (κ3) is 4.79. The largest absolute Gasteiger partial charge is 0.342 e. The van der Waals surface area contributed by atoms with Crippen molar-refractivity contribution in [3.63, 3.8) is 0 Å². The summed E-state index contributed by atoms with van der Waals surface area (Å²) in [4.78, 5) is 30.4. The molecule has 2 aromatic heterocycles. The summed E-state index contributed by atoms with van der Waals surface area (Å²) in [6.45, 7) is 0.413. The van der Waals surface area contributed by atoms with Gasteiger partial charge >= 0.3 is 0 Å². The van der Waals surface area contributed by atoms with E-state index in [9.17, 15) is 9.59 Å². The predicted molar refractivity (Wildman–Crippen MR) is 90.1 cm³/mol. The number of aromatic nitrogens is 1. The van der Waals surface area contributed by atoms with Crippen LogP contribution in [0, 0.1) is 0 Å². The van der Waals surface area contributed by atoms with E-state index in [-0.39, 0.29) is 18.1 Å². The summed E-state index contributed by atoms with van der Waals surface area (Å²) in [6, 6.07) is 6.92. The van der Waals surface area contributed by atoms with E-state index in [1.54, 1.807) is 29.4 Å². The fraction of sp³-hybridized carbons (Fsp3) is 0.214. The highest BCUT2D eigenvalue weighted by Crippen LogP contribution is 2.22. The van der Waals surface area contributed by atoms with Crippen molar-refractivity contribution in [3.05, 3.63) is 49.8 Å². The molecule has 1 N–H and O–H groups in total. The molecule has 0 unspecified atom stereocenters. The minimum atomic E-state index is -0.428. The molecular formula is C14H13BrClN3O2S. The van der Waals surface area contributed by atoms with Crippen LogP contribution in [0.1, 0.15) is 15.4 Å². The van der Waals surface area contributed by atoms with Crippen molar-refractivity contribution in [1.82, 2.24) is 15.2 Å². The third-order valence-corrected chi connectivity index (χ3v) is 4.65. The molecule has 0 fully saturated rings. The Morgan fingerprint density at radius 1 is 1.41 bits per heavy atom. The Hall–Kier alpha value is -1.44. The Kier molecular flexibility index (Phi) is 5.93. The Bertz CT molecular complexity index is 692. The highest BCUT2D eigenvalue weighted by atomic mass is 79.9. The van der Waals surface area contributed by atoms with Crippen molar-refractivity contribution in [3.8, 4) is 0 Å². The number of nitrogens with zero attached hydrogens (tertiary/aromatic N) is 2. The molecule has 2 amide bonds. The molecule has 2 heterocycles. The van der Waals surface area contributed by atoms with Crippen molar-refractivity contribution < 1.29 is 9.59 Å². The first-order chi connectivity index (χ1) is 10.5. The van der Waals surface area contributed by atoms with Gasteiger partial charge in [-0.05, 0) is 40.2 Å². The van der Waals surface area contributed by atoms with Gasteiger partial charge in [-0.25, -0.2) is 0 Å². The van der Waals surface area contributed by atoms with Crippen molar-refractivity contribution in [1.29, 1.82) is 0 Å². The second kappa shape index (κ2) is 7.71. The number of pyridine rings is 1. The van der Waals surface area contributed by atoms with Gasteiger partial charge in [0.05, 0.1) is 16.9 Å². The van der Waals surface area contributed by atoms with Crippen molar-refractivity contribution in [2.24, 2.45) is 0 Å². The Labute approximate surface area is 145 Å². The van der Waals surface area contributed by atoms with E-state index >= 15 is 0 Å². The second-order valence-electron chi connectivity index (χ2n) is 4.50. The van der Waals surface area contributed by atoms with Gasteiger partial charge in [0.15, 0.2) is 0 Å². The monoisotopic (exact) mass is 401 g/mol. The van der Waals surface area contributed by atoms with E-state index in [2.05, 4.69) is 26.2 Å². The minimum absolute atomic E-state index is 0.0872. The third-order valence-electron chi connectivity index (χ3n) is 2.80. The summed E-state index contributed by atoms with van der Waals surface area (Å²) in [5.41, 5.74) is 0.185. The summed E-state index contributed by atoms with van der Waals surface area (Å²) < 4.78 is 1.02. The summed E-state index contributed by atoms with van der Waals surface area (Å²) in [5.74, 6) is -0.608. The zero-order valence-electron chi connectivity index (χ0n) is 11.7. The molecule has 0 saturated heterocycles. The fourth-order valence-corrected chi connectivity index (χ4v) is 3.37. The molecule has 2 aromatic rings. The topological polar surface area (TPSA) is 62.3 Å². The summed E-state index contributed by atoms with van der Waals surface area (Å²) in [7, 11) is 1.69. The van der Waals surface area contributed by atoms with E-state index < -0.39 is 5.91 Å². The molecule has 0 aliphatic rings. The first-order valence-electron chi connectivity index (χ1n) is 6.33. The highest BCUT2D eigenvalue weighted by Gasteiger charge is 2.13. The lowest BCUT2D eigenvalue weighted by Crippen LogP contribution is -2.37. The molecule has 0 spiro atoms. The first-order valence-corrected chi connectivity index (χ1v) is 8.32. The zero-order valence-corrected chi connectivity index (χ0v) is 14.8. The number of amides is 2. The number of nitrogens with one attached hydrogen (secondary N) is 1. The van der Waals surface area contributed by atoms with Crippen LogP contribution in [0.5, 0.6) is 0 Å². The van der Waals surface area contributed by atoms with Crippen LogP contribution in [-0.4, -0.2) is 35.3 Å². The van der Waals surface area contributed by atoms with E-state index in [1.165, 1.54) is 12.3 Å². The Morgan fingerprint density at radius 2 is 2.18 bits per heavy atom. The van der Waals surface area contributed by atoms with Gasteiger partial charge < -0.3 is 10.2 Å². The van der Waals surface area contributed by atoms with E-state index in [4.69, 9.17) is 11.6 Å². The Balaban J connectivity index is 1.85. The second-order valence-corrected chi connectivity index (χ2v) is 7.48. The molecule has 0 aliphatic carbocycles. The van der Waals surface area contributed by atoms with Gasteiger partial charge in [-0.3, -0.25) is 14.6 Å². The maximum absolute atomic E-state index is 12.0. The Morgan fingerprint density at radius 3 is 2.82 bits per heavy atom. The van der Waals surface area contributed by atoms with Gasteiger partial charge in [0, 0.05) is 23.1 Å². The SMILES string of the molecule is CN(Cc1ccc(Br)s1)C(=O)CNC(=O)c1cc(Cl)ccn1. The predicted octanol–water partition coefficient (Wildman–Crippen LogP) is 2.95. The highest BCUT2D eigenvalue weighted by molar-refractivity contribution is 9.11. The summed E-state index contributed by atoms with van der Waals surface area (Å²) in [6.07, 6.45) is 1.44. The number of rotatable bonds is 5. The lowest BCUT2D eigenvalue weighted by atomic mass is 10.3. The van der Waals surface area contributed by atoms with Gasteiger partial charge in [-0.2, -0.15) is 0 Å². The molecule has 0 aromatic carbocycles. The molecule has 2 rings (SSSR count). The number of hydrogen-bond donors (Lipinski definition) is 1. The number of halogens is 2. The summed E-state index contributed by atoms with van der Waals surface area (Å²) >= 11 is 10.7. The number of likely N-dealkylation sites (N-methyl/N-ethyl adjacent to an activating group) is 1. The van der Waals surface area contributed by atoms with Crippen LogP contribution in [0.25, 0.3) is 0 Å². The van der Waals surface area contributed by atoms with Crippen molar-refractivity contribution in [2.45, 2.75) is 6.54 Å². The molecule has 0 aliphatic heterocycles. The van der Waals surface area contributed by atoms with Gasteiger partial charge in [0.25, 0.3) is 5.91 Å². The lowest BCUT2D eigenvalue weighted by Gasteiger charge is -2.16. The molecule has 0 bridgehead atoms. The average molecular weight is 403 g/mol. The van der Waals surface area contributed by atoms with Gasteiger partial charge in [0.2, 0.25) is 5.91 Å². The molecule has 22 heavy (non-hydrogen) atoms. The van der Waals surface area contributed by atoms with Crippen LogP contribution in [0.15, 0.2) is 34.2 Å². The summed E-state index contributed by atoms with van der Waals surface area (Å²) in [5, 5.41) is 2.96.